The summed E-state index contributed by atoms with van der Waals surface area (Å²) in [5, 5.41) is 42.2. The Bertz CT molecular complexity index is 1270. The largest absolute Gasteiger partial charge is 0.192 e. The third kappa shape index (κ3) is 2.74. The predicted molar refractivity (Wildman–Crippen MR) is 108 cm³/mol. The molecule has 0 unspecified atom stereocenters. The normalized spacial score (nSPS) is 10.2. The molecule has 0 aliphatic heterocycles. The number of aryl methyl sites for hydroxylation is 2. The molecule has 0 amide bonds. The highest BCUT2D eigenvalue weighted by Gasteiger charge is 2.23. The molecule has 0 saturated heterocycles. The number of nitrogens with zero attached hydrogens (tertiary/aromatic N) is 4. The molecule has 0 N–H and O–H groups in total. The van der Waals surface area contributed by atoms with Crippen LogP contribution in [-0.2, 0) is 12.8 Å². The number of benzene rings is 3. The van der Waals surface area contributed by atoms with Gasteiger partial charge in [-0.05, 0) is 40.8 Å². The number of nitriles is 4. The van der Waals surface area contributed by atoms with Crippen LogP contribution in [0.15, 0.2) is 24.3 Å². The lowest BCUT2D eigenvalue weighted by Crippen LogP contribution is -2.02. The van der Waals surface area contributed by atoms with Crippen LogP contribution >= 0.6 is 0 Å². The van der Waals surface area contributed by atoms with Gasteiger partial charge in [-0.3, -0.25) is 0 Å². The Morgan fingerprint density at radius 1 is 0.714 bits per heavy atom. The van der Waals surface area contributed by atoms with Crippen LogP contribution < -0.4 is 0 Å². The highest BCUT2D eigenvalue weighted by molar-refractivity contribution is 6.09. The fourth-order valence-corrected chi connectivity index (χ4v) is 4.05. The van der Waals surface area contributed by atoms with Gasteiger partial charge in [0.2, 0.25) is 0 Å². The Labute approximate surface area is 164 Å². The summed E-state index contributed by atoms with van der Waals surface area (Å²) in [5.41, 5.74) is 2.56. The van der Waals surface area contributed by atoms with Crippen molar-refractivity contribution in [1.29, 1.82) is 21.0 Å². The molecule has 3 rings (SSSR count). The molecule has 4 nitrogen and oxygen atoms in total. The fraction of sp³-hybridized carbons (Fsp3) is 0.250. The highest BCUT2D eigenvalue weighted by atomic mass is 14.3. The Morgan fingerprint density at radius 2 is 1.32 bits per heavy atom. The van der Waals surface area contributed by atoms with Crippen LogP contribution in [0.1, 0.15) is 60.1 Å². The minimum absolute atomic E-state index is 0.00118. The van der Waals surface area contributed by atoms with E-state index in [-0.39, 0.29) is 22.3 Å². The molecule has 0 bridgehead atoms. The molecule has 3 aromatic rings. The van der Waals surface area contributed by atoms with Crippen molar-refractivity contribution in [2.24, 2.45) is 0 Å². The molecule has 0 spiro atoms. The third-order valence-electron chi connectivity index (χ3n) is 5.09. The molecule has 0 atom stereocenters. The van der Waals surface area contributed by atoms with Gasteiger partial charge in [-0.1, -0.05) is 44.9 Å². The van der Waals surface area contributed by atoms with Crippen molar-refractivity contribution in [3.63, 3.8) is 0 Å². The molecule has 0 aliphatic carbocycles. The summed E-state index contributed by atoms with van der Waals surface area (Å²) in [6.45, 7) is 4.19. The Kier molecular flexibility index (Phi) is 5.27. The molecule has 0 aliphatic rings. The molecule has 3 aromatic carbocycles. The molecule has 134 valence electrons. The molecule has 28 heavy (non-hydrogen) atoms. The second kappa shape index (κ2) is 7.80. The summed E-state index contributed by atoms with van der Waals surface area (Å²) < 4.78 is 0. The van der Waals surface area contributed by atoms with Crippen LogP contribution in [0.5, 0.6) is 0 Å². The standard InChI is InChI=1S/C24H18N4/c1-3-6-15-8-5-9-16-10-18-19(11-25)20(12-26)21(13-27)22(14-28)24(18)17(7-4-2)23(15)16/h5,8-10H,3-4,6-7H2,1-2H3. The van der Waals surface area contributed by atoms with Crippen LogP contribution in [0, 0.1) is 45.3 Å². The lowest BCUT2D eigenvalue weighted by atomic mass is 9.83. The molecule has 0 radical (unpaired) electrons. The average molecular weight is 362 g/mol. The maximum atomic E-state index is 9.88. The SMILES string of the molecule is CCCc1cccc2cc3c(C#N)c(C#N)c(C#N)c(C#N)c3c(CCC)c12. The Hall–Kier alpha value is -3.86. The van der Waals surface area contributed by atoms with Crippen molar-refractivity contribution in [1.82, 2.24) is 0 Å². The van der Waals surface area contributed by atoms with Crippen molar-refractivity contribution in [3.8, 4) is 24.3 Å². The van der Waals surface area contributed by atoms with Crippen LogP contribution in [0.2, 0.25) is 0 Å². The van der Waals surface area contributed by atoms with E-state index in [1.165, 1.54) is 5.56 Å². The van der Waals surface area contributed by atoms with Crippen LogP contribution in [0.3, 0.4) is 0 Å². The zero-order chi connectivity index (χ0) is 20.3. The van der Waals surface area contributed by atoms with Crippen molar-refractivity contribution < 1.29 is 0 Å². The minimum Gasteiger partial charge on any atom is -0.192 e. The zero-order valence-electron chi connectivity index (χ0n) is 15.9. The van der Waals surface area contributed by atoms with Gasteiger partial charge in [-0.15, -0.1) is 0 Å². The van der Waals surface area contributed by atoms with Crippen molar-refractivity contribution in [2.45, 2.75) is 39.5 Å². The van der Waals surface area contributed by atoms with E-state index in [0.717, 1.165) is 42.0 Å². The summed E-state index contributed by atoms with van der Waals surface area (Å²) in [7, 11) is 0. The van der Waals surface area contributed by atoms with Gasteiger partial charge in [0.25, 0.3) is 0 Å². The third-order valence-corrected chi connectivity index (χ3v) is 5.09. The quantitative estimate of drug-likeness (QED) is 0.582. The number of fused-ring (bicyclic) bond motifs is 2. The van der Waals surface area contributed by atoms with Gasteiger partial charge in [0.1, 0.15) is 24.3 Å². The van der Waals surface area contributed by atoms with E-state index < -0.39 is 0 Å². The molecular weight excluding hydrogens is 344 g/mol. The maximum Gasteiger partial charge on any atom is 0.102 e. The van der Waals surface area contributed by atoms with Gasteiger partial charge in [-0.2, -0.15) is 21.0 Å². The summed E-state index contributed by atoms with van der Waals surface area (Å²) in [6, 6.07) is 16.2. The van der Waals surface area contributed by atoms with E-state index in [9.17, 15) is 21.0 Å². The molecule has 4 heteroatoms. The minimum atomic E-state index is -0.0134. The van der Waals surface area contributed by atoms with Crippen LogP contribution in [0.4, 0.5) is 0 Å². The van der Waals surface area contributed by atoms with Gasteiger partial charge in [0.05, 0.1) is 22.3 Å². The fourth-order valence-electron chi connectivity index (χ4n) is 4.05. The molecule has 0 saturated carbocycles. The first kappa shape index (κ1) is 18.9. The first-order valence-corrected chi connectivity index (χ1v) is 9.34. The smallest absolute Gasteiger partial charge is 0.102 e. The van der Waals surface area contributed by atoms with Gasteiger partial charge in [0.15, 0.2) is 0 Å². The lowest BCUT2D eigenvalue weighted by Gasteiger charge is -2.17. The van der Waals surface area contributed by atoms with E-state index in [1.54, 1.807) is 0 Å². The van der Waals surface area contributed by atoms with E-state index in [2.05, 4.69) is 32.1 Å². The first-order valence-electron chi connectivity index (χ1n) is 9.34. The summed E-state index contributed by atoms with van der Waals surface area (Å²) in [4.78, 5) is 0. The Morgan fingerprint density at radius 3 is 1.89 bits per heavy atom. The van der Waals surface area contributed by atoms with E-state index >= 15 is 0 Å². The topological polar surface area (TPSA) is 95.2 Å². The summed E-state index contributed by atoms with van der Waals surface area (Å²) in [6.07, 6.45) is 3.50. The average Bonchev–Trinajstić information content (AvgIpc) is 2.72. The van der Waals surface area contributed by atoms with Crippen molar-refractivity contribution in [2.75, 3.05) is 0 Å². The van der Waals surface area contributed by atoms with Crippen molar-refractivity contribution in [3.05, 3.63) is 57.6 Å². The monoisotopic (exact) mass is 362 g/mol. The lowest BCUT2D eigenvalue weighted by molar-refractivity contribution is 0.916. The first-order chi connectivity index (χ1) is 13.7. The van der Waals surface area contributed by atoms with E-state index in [1.807, 2.05) is 30.3 Å². The van der Waals surface area contributed by atoms with Crippen LogP contribution in [0.25, 0.3) is 21.5 Å². The molecule has 0 heterocycles. The highest BCUT2D eigenvalue weighted by Crippen LogP contribution is 2.38. The summed E-state index contributed by atoms with van der Waals surface area (Å²) in [5.74, 6) is 0. The number of rotatable bonds is 4. The predicted octanol–water partition coefficient (Wildman–Crippen LogP) is 5.38. The van der Waals surface area contributed by atoms with Gasteiger partial charge in [-0.25, -0.2) is 0 Å². The number of hydrogen-bond donors (Lipinski definition) is 0. The summed E-state index contributed by atoms with van der Waals surface area (Å²) >= 11 is 0. The van der Waals surface area contributed by atoms with E-state index in [0.29, 0.717) is 10.8 Å². The second-order valence-electron chi connectivity index (χ2n) is 6.74. The maximum absolute atomic E-state index is 9.88. The second-order valence-corrected chi connectivity index (χ2v) is 6.74. The molecule has 0 fully saturated rings. The zero-order valence-corrected chi connectivity index (χ0v) is 15.9. The van der Waals surface area contributed by atoms with Gasteiger partial charge >= 0.3 is 0 Å². The Balaban J connectivity index is 2.73. The van der Waals surface area contributed by atoms with Crippen LogP contribution in [-0.4, -0.2) is 0 Å². The molecular formula is C24H18N4. The van der Waals surface area contributed by atoms with Gasteiger partial charge < -0.3 is 0 Å². The molecule has 0 aromatic heterocycles. The van der Waals surface area contributed by atoms with Crippen molar-refractivity contribution >= 4 is 21.5 Å². The van der Waals surface area contributed by atoms with Gasteiger partial charge in [0, 0.05) is 10.8 Å². The van der Waals surface area contributed by atoms with E-state index in [4.69, 9.17) is 0 Å². The number of hydrogen-bond acceptors (Lipinski definition) is 4.